The monoisotopic (exact) mass is 569 g/mol. The number of hydrogen-bond donors (Lipinski definition) is 0. The third-order valence-corrected chi connectivity index (χ3v) is 6.41. The first kappa shape index (κ1) is 30.0. The summed E-state index contributed by atoms with van der Waals surface area (Å²) in [6.07, 6.45) is 0. The maximum atomic E-state index is 12.4. The molecule has 1 aliphatic heterocycles. The average molecular weight is 570 g/mol. The van der Waals surface area contributed by atoms with Gasteiger partial charge in [-0.25, -0.2) is 4.79 Å². The quantitative estimate of drug-likeness (QED) is 0.250. The van der Waals surface area contributed by atoms with Crippen LogP contribution >= 0.6 is 0 Å². The summed E-state index contributed by atoms with van der Waals surface area (Å²) in [5.74, 6) is 0.383. The summed E-state index contributed by atoms with van der Waals surface area (Å²) in [4.78, 5) is 39.9. The van der Waals surface area contributed by atoms with E-state index in [1.54, 1.807) is 29.2 Å². The Bertz CT molecular complexity index is 1550. The van der Waals surface area contributed by atoms with E-state index in [4.69, 9.17) is 18.7 Å². The van der Waals surface area contributed by atoms with Gasteiger partial charge in [-0.3, -0.25) is 14.3 Å². The number of carbonyl (C=O) groups is 1. The summed E-state index contributed by atoms with van der Waals surface area (Å²) >= 11 is 0. The van der Waals surface area contributed by atoms with E-state index in [1.807, 2.05) is 43.3 Å². The van der Waals surface area contributed by atoms with E-state index < -0.39 is 11.4 Å². The average Bonchev–Trinajstić information content (AvgIpc) is 3.27. The molecule has 202 valence electrons. The second-order valence-corrected chi connectivity index (χ2v) is 9.18. The maximum absolute atomic E-state index is 12.4. The summed E-state index contributed by atoms with van der Waals surface area (Å²) < 4.78 is 22.7. The Balaban J connectivity index is 0.00000370. The van der Waals surface area contributed by atoms with Crippen molar-refractivity contribution in [3.8, 4) is 22.6 Å². The Morgan fingerprint density at radius 2 is 1.68 bits per heavy atom. The molecule has 10 nitrogen and oxygen atoms in total. The van der Waals surface area contributed by atoms with Crippen LogP contribution in [0.15, 0.2) is 80.8 Å². The van der Waals surface area contributed by atoms with Gasteiger partial charge in [0.1, 0.15) is 18.1 Å². The van der Waals surface area contributed by atoms with Crippen molar-refractivity contribution < 1.29 is 74.9 Å². The smallest absolute Gasteiger partial charge is 0.489 e. The number of ether oxygens (including phenoxy) is 3. The molecule has 11 heteroatoms. The molecule has 0 bridgehead atoms. The molecule has 40 heavy (non-hydrogen) atoms. The van der Waals surface area contributed by atoms with E-state index in [0.717, 1.165) is 32.6 Å². The fourth-order valence-electron chi connectivity index (χ4n) is 4.34. The molecular formula is C29H28KN3O7. The van der Waals surface area contributed by atoms with Crippen LogP contribution in [0.1, 0.15) is 16.7 Å². The van der Waals surface area contributed by atoms with Crippen molar-refractivity contribution in [3.05, 3.63) is 104 Å². The van der Waals surface area contributed by atoms with E-state index in [9.17, 15) is 14.4 Å². The number of rotatable bonds is 9. The zero-order valence-corrected chi connectivity index (χ0v) is 25.6. The molecule has 1 fully saturated rings. The predicted octanol–water partition coefficient (Wildman–Crippen LogP) is -0.397. The largest absolute Gasteiger partial charge is 1.00 e. The fraction of sp³-hybridized carbons (Fsp3) is 0.276. The maximum Gasteiger partial charge on any atom is 1.00 e. The van der Waals surface area contributed by atoms with Gasteiger partial charge in [-0.1, -0.05) is 36.4 Å². The molecule has 1 saturated heterocycles. The number of carbonyl (C=O) groups excluding carboxylic acids is 1. The Morgan fingerprint density at radius 1 is 0.925 bits per heavy atom. The van der Waals surface area contributed by atoms with Crippen molar-refractivity contribution in [2.75, 3.05) is 32.9 Å². The molecule has 0 aliphatic carbocycles. The topological polar surface area (TPSA) is 114 Å². The third kappa shape index (κ3) is 7.84. The van der Waals surface area contributed by atoms with Gasteiger partial charge in [0.15, 0.2) is 12.3 Å². The molecule has 1 amide bonds. The van der Waals surface area contributed by atoms with Gasteiger partial charge < -0.3 is 28.6 Å². The van der Waals surface area contributed by atoms with Gasteiger partial charge in [0.25, 0.3) is 5.91 Å². The van der Waals surface area contributed by atoms with Gasteiger partial charge in [-0.05, 0) is 65.1 Å². The summed E-state index contributed by atoms with van der Waals surface area (Å²) in [5.41, 5.74) is 4.22. The molecule has 2 heterocycles. The molecule has 1 aromatic heterocycles. The van der Waals surface area contributed by atoms with Crippen molar-refractivity contribution in [1.29, 1.82) is 0 Å². The number of aryl methyl sites for hydroxylation is 1. The number of aromatic nitrogens is 2. The Hall–Kier alpha value is -2.93. The summed E-state index contributed by atoms with van der Waals surface area (Å²) in [6.45, 7) is 4.84. The summed E-state index contributed by atoms with van der Waals surface area (Å²) in [7, 11) is 0. The minimum Gasteiger partial charge on any atom is -0.489 e. The standard InChI is InChI=1S/C29H29N3O7.K/c1-20-15-25(38-19-27(33)31-11-13-36-14-12-31)9-10-26(20)23-4-2-3-22(16-23)18-37-24-7-5-21(6-8-24)17-32-28(34)30-29(35)39-32;/h2-10,15-16H,11-14,17-19H2,1H3,(H,30,34,35);/q;+1/p-1. The van der Waals surface area contributed by atoms with Crippen LogP contribution in [0.3, 0.4) is 0 Å². The zero-order valence-electron chi connectivity index (χ0n) is 22.5. The zero-order chi connectivity index (χ0) is 27.2. The van der Waals surface area contributed by atoms with Crippen LogP contribution in [-0.4, -0.2) is 48.5 Å². The fourth-order valence-corrected chi connectivity index (χ4v) is 4.34. The molecule has 0 spiro atoms. The molecule has 1 aliphatic rings. The first-order chi connectivity index (χ1) is 18.9. The van der Waals surface area contributed by atoms with Gasteiger partial charge in [0, 0.05) is 19.6 Å². The van der Waals surface area contributed by atoms with E-state index in [1.165, 1.54) is 0 Å². The van der Waals surface area contributed by atoms with Gasteiger partial charge >= 0.3 is 57.1 Å². The van der Waals surface area contributed by atoms with Crippen LogP contribution < -0.4 is 77.3 Å². The van der Waals surface area contributed by atoms with Crippen molar-refractivity contribution >= 4 is 5.91 Å². The minimum absolute atomic E-state index is 0. The molecule has 3 aromatic carbocycles. The summed E-state index contributed by atoms with van der Waals surface area (Å²) in [5, 5.41) is 0. The predicted molar refractivity (Wildman–Crippen MR) is 142 cm³/mol. The van der Waals surface area contributed by atoms with Gasteiger partial charge in [-0.2, -0.15) is 0 Å². The van der Waals surface area contributed by atoms with E-state index in [0.29, 0.717) is 44.4 Å². The second kappa shape index (κ2) is 14.1. The van der Waals surface area contributed by atoms with Crippen LogP contribution in [0, 0.1) is 6.92 Å². The van der Waals surface area contributed by atoms with Gasteiger partial charge in [0.05, 0.1) is 13.2 Å². The second-order valence-electron chi connectivity index (χ2n) is 9.18. The molecule has 0 atom stereocenters. The Morgan fingerprint density at radius 3 is 2.38 bits per heavy atom. The van der Waals surface area contributed by atoms with Gasteiger partial charge in [-0.15, -0.1) is 0 Å². The van der Waals surface area contributed by atoms with Crippen LogP contribution in [0.4, 0.5) is 0 Å². The van der Waals surface area contributed by atoms with E-state index >= 15 is 0 Å². The molecule has 0 N–H and O–H groups in total. The van der Waals surface area contributed by atoms with Crippen LogP contribution in [0.25, 0.3) is 11.1 Å². The number of nitrogens with zero attached hydrogens (tertiary/aromatic N) is 3. The molecule has 0 radical (unpaired) electrons. The van der Waals surface area contributed by atoms with Crippen molar-refractivity contribution in [1.82, 2.24) is 14.6 Å². The van der Waals surface area contributed by atoms with Crippen LogP contribution in [0.5, 0.6) is 11.5 Å². The van der Waals surface area contributed by atoms with Crippen LogP contribution in [-0.2, 0) is 22.7 Å². The Kier molecular flexibility index (Phi) is 10.6. The number of amides is 1. The molecule has 0 saturated carbocycles. The third-order valence-electron chi connectivity index (χ3n) is 6.41. The van der Waals surface area contributed by atoms with Crippen LogP contribution in [0.2, 0.25) is 0 Å². The number of benzene rings is 3. The molecule has 5 rings (SSSR count). The van der Waals surface area contributed by atoms with Crippen molar-refractivity contribution in [2.24, 2.45) is 0 Å². The first-order valence-electron chi connectivity index (χ1n) is 12.6. The normalized spacial score (nSPS) is 13.0. The molecular weight excluding hydrogens is 541 g/mol. The van der Waals surface area contributed by atoms with Crippen molar-refractivity contribution in [2.45, 2.75) is 20.1 Å². The molecule has 0 unspecified atom stereocenters. The van der Waals surface area contributed by atoms with E-state index in [2.05, 4.69) is 11.1 Å². The molecule has 4 aromatic rings. The van der Waals surface area contributed by atoms with Crippen molar-refractivity contribution in [3.63, 3.8) is 0 Å². The SMILES string of the molecule is Cc1cc(OCC(=O)N2CCOCC2)ccc1-c1cccc(COc2ccc(Cn3oc(=O)[n-]c3=O)cc2)c1.[K+]. The van der Waals surface area contributed by atoms with Gasteiger partial charge in [0.2, 0.25) is 0 Å². The first-order valence-corrected chi connectivity index (χ1v) is 12.6. The number of morpholine rings is 1. The summed E-state index contributed by atoms with van der Waals surface area (Å²) in [6, 6.07) is 21.1. The Labute approximate surface area is 273 Å². The van der Waals surface area contributed by atoms with E-state index in [-0.39, 0.29) is 70.4 Å². The number of hydrogen-bond acceptors (Lipinski definition) is 7. The minimum atomic E-state index is -0.905.